The van der Waals surface area contributed by atoms with Crippen LogP contribution in [-0.4, -0.2) is 45.5 Å². The number of rotatable bonds is 6. The first-order chi connectivity index (χ1) is 18.4. The van der Waals surface area contributed by atoms with Crippen LogP contribution in [0.2, 0.25) is 0 Å². The Balaban J connectivity index is 1.75. The molecule has 1 amide bonds. The summed E-state index contributed by atoms with van der Waals surface area (Å²) in [6.45, 7) is 10.4. The molecule has 0 spiro atoms. The molecular weight excluding hydrogens is 492 g/mol. The predicted molar refractivity (Wildman–Crippen MR) is 149 cm³/mol. The molecule has 0 saturated carbocycles. The van der Waals surface area contributed by atoms with Crippen molar-refractivity contribution in [1.82, 2.24) is 9.88 Å². The summed E-state index contributed by atoms with van der Waals surface area (Å²) in [5, 5.41) is 0. The average Bonchev–Trinajstić information content (AvgIpc) is 2.87. The van der Waals surface area contributed by atoms with Crippen LogP contribution in [0.5, 0.6) is 0 Å². The number of carbonyl (C=O) groups is 4. The molecule has 7 nitrogen and oxygen atoms in total. The summed E-state index contributed by atoms with van der Waals surface area (Å²) >= 11 is 0. The average molecular weight is 527 g/mol. The van der Waals surface area contributed by atoms with Gasteiger partial charge in [-0.15, -0.1) is 0 Å². The van der Waals surface area contributed by atoms with Crippen molar-refractivity contribution in [2.75, 3.05) is 6.54 Å². The number of aromatic nitrogens is 1. The number of ketones is 3. The number of hydrogen-bond acceptors (Lipinski definition) is 6. The third kappa shape index (κ3) is 6.14. The number of ether oxygens (including phenoxy) is 1. The standard InChI is InChI=1S/C32H34N2O5/c1-19(35)25-11-13-33-18-29(25)23-9-7-22(8-10-23)15-30-28-17-27(21(3)37)26(20(2)36)16-24(28)12-14-34(30)31(38)39-32(4,5)6/h7-11,13,16-18,30H,12,14-15H2,1-6H3. The highest BCUT2D eigenvalue weighted by atomic mass is 16.6. The summed E-state index contributed by atoms with van der Waals surface area (Å²) in [4.78, 5) is 56.1. The van der Waals surface area contributed by atoms with Gasteiger partial charge in [-0.3, -0.25) is 19.4 Å². The van der Waals surface area contributed by atoms with E-state index in [2.05, 4.69) is 4.98 Å². The Labute approximate surface area is 229 Å². The second-order valence-electron chi connectivity index (χ2n) is 11.0. The highest BCUT2D eigenvalue weighted by molar-refractivity contribution is 6.07. The van der Waals surface area contributed by atoms with E-state index in [1.807, 2.05) is 51.1 Å². The minimum Gasteiger partial charge on any atom is -0.444 e. The number of hydrogen-bond donors (Lipinski definition) is 0. The second kappa shape index (κ2) is 10.9. The van der Waals surface area contributed by atoms with Gasteiger partial charge in [0.05, 0.1) is 6.04 Å². The van der Waals surface area contributed by atoms with Gasteiger partial charge in [0.1, 0.15) is 5.60 Å². The third-order valence-electron chi connectivity index (χ3n) is 6.92. The largest absolute Gasteiger partial charge is 0.444 e. The molecule has 0 bridgehead atoms. The van der Waals surface area contributed by atoms with Crippen molar-refractivity contribution in [3.05, 3.63) is 88.2 Å². The van der Waals surface area contributed by atoms with Crippen LogP contribution in [-0.2, 0) is 17.6 Å². The second-order valence-corrected chi connectivity index (χ2v) is 11.0. The number of nitrogens with zero attached hydrogens (tertiary/aromatic N) is 2. The van der Waals surface area contributed by atoms with Gasteiger partial charge in [0, 0.05) is 41.2 Å². The van der Waals surface area contributed by atoms with E-state index < -0.39 is 11.7 Å². The van der Waals surface area contributed by atoms with E-state index in [1.54, 1.807) is 29.4 Å². The first-order valence-electron chi connectivity index (χ1n) is 13.1. The lowest BCUT2D eigenvalue weighted by atomic mass is 9.84. The Morgan fingerprint density at radius 1 is 0.897 bits per heavy atom. The Hall–Kier alpha value is -4.13. The van der Waals surface area contributed by atoms with Crippen molar-refractivity contribution in [1.29, 1.82) is 0 Å². The van der Waals surface area contributed by atoms with Crippen LogP contribution in [0.25, 0.3) is 11.1 Å². The minimum absolute atomic E-state index is 0.0329. The molecule has 1 unspecified atom stereocenters. The van der Waals surface area contributed by atoms with Gasteiger partial charge < -0.3 is 9.64 Å². The van der Waals surface area contributed by atoms with Gasteiger partial charge in [-0.1, -0.05) is 24.3 Å². The van der Waals surface area contributed by atoms with Crippen LogP contribution in [0.1, 0.15) is 95.3 Å². The van der Waals surface area contributed by atoms with Crippen molar-refractivity contribution >= 4 is 23.4 Å². The van der Waals surface area contributed by atoms with Crippen LogP contribution in [0, 0.1) is 0 Å². The number of fused-ring (bicyclic) bond motifs is 1. The molecule has 0 N–H and O–H groups in total. The van der Waals surface area contributed by atoms with Crippen molar-refractivity contribution in [2.24, 2.45) is 0 Å². The number of carbonyl (C=O) groups excluding carboxylic acids is 4. The van der Waals surface area contributed by atoms with E-state index in [-0.39, 0.29) is 23.4 Å². The quantitative estimate of drug-likeness (QED) is 0.344. The first kappa shape index (κ1) is 27.9. The van der Waals surface area contributed by atoms with E-state index in [4.69, 9.17) is 4.74 Å². The van der Waals surface area contributed by atoms with Crippen molar-refractivity contribution in [3.8, 4) is 11.1 Å². The molecule has 1 aliphatic heterocycles. The van der Waals surface area contributed by atoms with Crippen molar-refractivity contribution < 1.29 is 23.9 Å². The monoisotopic (exact) mass is 526 g/mol. The molecule has 2 aromatic carbocycles. The smallest absolute Gasteiger partial charge is 0.410 e. The molecular formula is C32H34N2O5. The van der Waals surface area contributed by atoms with Gasteiger partial charge in [0.2, 0.25) is 0 Å². The molecule has 2 heterocycles. The third-order valence-corrected chi connectivity index (χ3v) is 6.92. The van der Waals surface area contributed by atoms with Crippen LogP contribution in [0.15, 0.2) is 54.9 Å². The molecule has 0 aliphatic carbocycles. The van der Waals surface area contributed by atoms with Crippen LogP contribution < -0.4 is 0 Å². The lowest BCUT2D eigenvalue weighted by Gasteiger charge is -2.38. The first-order valence-corrected chi connectivity index (χ1v) is 13.1. The van der Waals surface area contributed by atoms with E-state index in [0.717, 1.165) is 27.8 Å². The molecule has 1 atom stereocenters. The maximum absolute atomic E-state index is 13.3. The van der Waals surface area contributed by atoms with Gasteiger partial charge >= 0.3 is 6.09 Å². The summed E-state index contributed by atoms with van der Waals surface area (Å²) in [7, 11) is 0. The summed E-state index contributed by atoms with van der Waals surface area (Å²) in [6.07, 6.45) is 3.90. The van der Waals surface area contributed by atoms with Gasteiger partial charge in [-0.05, 0) is 94.8 Å². The maximum Gasteiger partial charge on any atom is 0.410 e. The van der Waals surface area contributed by atoms with Gasteiger partial charge in [0.15, 0.2) is 17.3 Å². The lowest BCUT2D eigenvalue weighted by molar-refractivity contribution is 0.0141. The Morgan fingerprint density at radius 3 is 2.10 bits per heavy atom. The normalized spacial score (nSPS) is 14.9. The zero-order valence-electron chi connectivity index (χ0n) is 23.3. The minimum atomic E-state index is -0.662. The fourth-order valence-electron chi connectivity index (χ4n) is 5.07. The molecule has 1 aliphatic rings. The highest BCUT2D eigenvalue weighted by Gasteiger charge is 2.35. The fraction of sp³-hybridized carbons (Fsp3) is 0.344. The number of amides is 1. The summed E-state index contributed by atoms with van der Waals surface area (Å²) in [6, 6.07) is 12.7. The molecule has 39 heavy (non-hydrogen) atoms. The topological polar surface area (TPSA) is 93.6 Å². The Bertz CT molecular complexity index is 1450. The molecule has 3 aromatic rings. The molecule has 7 heteroatoms. The molecule has 4 rings (SSSR count). The Morgan fingerprint density at radius 2 is 1.51 bits per heavy atom. The maximum atomic E-state index is 13.3. The van der Waals surface area contributed by atoms with E-state index >= 15 is 0 Å². The highest BCUT2D eigenvalue weighted by Crippen LogP contribution is 2.36. The van der Waals surface area contributed by atoms with Crippen molar-refractivity contribution in [2.45, 2.75) is 66.0 Å². The van der Waals surface area contributed by atoms with Gasteiger partial charge in [-0.2, -0.15) is 0 Å². The zero-order chi connectivity index (χ0) is 28.5. The predicted octanol–water partition coefficient (Wildman–Crippen LogP) is 6.43. The summed E-state index contributed by atoms with van der Waals surface area (Å²) in [5.41, 5.74) is 5.11. The van der Waals surface area contributed by atoms with E-state index in [9.17, 15) is 19.2 Å². The molecule has 0 fully saturated rings. The van der Waals surface area contributed by atoms with E-state index in [1.165, 1.54) is 20.8 Å². The van der Waals surface area contributed by atoms with Crippen LogP contribution in [0.3, 0.4) is 0 Å². The lowest BCUT2D eigenvalue weighted by Crippen LogP contribution is -2.44. The molecule has 202 valence electrons. The number of benzene rings is 2. The van der Waals surface area contributed by atoms with Crippen molar-refractivity contribution in [3.63, 3.8) is 0 Å². The molecule has 1 aromatic heterocycles. The van der Waals surface area contributed by atoms with E-state index in [0.29, 0.717) is 36.1 Å². The fourth-order valence-corrected chi connectivity index (χ4v) is 5.07. The van der Waals surface area contributed by atoms with Gasteiger partial charge in [-0.25, -0.2) is 4.79 Å². The number of Topliss-reactive ketones (excluding diaryl/α,β-unsaturated/α-hetero) is 3. The SMILES string of the molecule is CC(=O)c1cc2c(cc1C(C)=O)C(Cc1ccc(-c3cnccc3C(C)=O)cc1)N(C(=O)OC(C)(C)C)CC2. The summed E-state index contributed by atoms with van der Waals surface area (Å²) < 4.78 is 5.74. The molecule has 0 radical (unpaired) electrons. The van der Waals surface area contributed by atoms with Crippen LogP contribution >= 0.6 is 0 Å². The Kier molecular flexibility index (Phi) is 7.82. The number of pyridine rings is 1. The van der Waals surface area contributed by atoms with Gasteiger partial charge in [0.25, 0.3) is 0 Å². The summed E-state index contributed by atoms with van der Waals surface area (Å²) in [5.74, 6) is -0.391. The van der Waals surface area contributed by atoms with Crippen LogP contribution in [0.4, 0.5) is 4.79 Å². The zero-order valence-corrected chi connectivity index (χ0v) is 23.3. The molecule has 0 saturated heterocycles.